The molecule has 1 aliphatic rings. The molecule has 1 saturated carbocycles. The molecule has 0 aliphatic heterocycles. The molecule has 1 aliphatic carbocycles. The first kappa shape index (κ1) is 9.05. The number of hydrogen-bond donors (Lipinski definition) is 1. The van der Waals surface area contributed by atoms with Crippen LogP contribution in [0, 0.1) is 23.7 Å². The lowest BCUT2D eigenvalue weighted by Gasteiger charge is -2.46. The lowest BCUT2D eigenvalue weighted by Crippen LogP contribution is -2.43. The summed E-state index contributed by atoms with van der Waals surface area (Å²) in [5.74, 6) is 3.77. The van der Waals surface area contributed by atoms with E-state index in [1.54, 1.807) is 0 Å². The highest BCUT2D eigenvalue weighted by Gasteiger charge is 2.38. The topological polar surface area (TPSA) is 12.0 Å². The van der Waals surface area contributed by atoms with Gasteiger partial charge in [0, 0.05) is 0 Å². The smallest absolute Gasteiger partial charge is 0.00206 e. The van der Waals surface area contributed by atoms with Crippen LogP contribution >= 0.6 is 0 Å². The Morgan fingerprint density at radius 1 is 1.45 bits per heavy atom. The SMILES string of the molecule is CNCC1CC(C)C1C(C)C. The van der Waals surface area contributed by atoms with E-state index in [1.165, 1.54) is 13.0 Å². The Labute approximate surface area is 70.6 Å². The van der Waals surface area contributed by atoms with Crippen LogP contribution in [0.5, 0.6) is 0 Å². The average Bonchev–Trinajstić information content (AvgIpc) is 1.85. The van der Waals surface area contributed by atoms with Crippen LogP contribution in [0.4, 0.5) is 0 Å². The van der Waals surface area contributed by atoms with Gasteiger partial charge in [0.15, 0.2) is 0 Å². The first-order valence-electron chi connectivity index (χ1n) is 4.81. The van der Waals surface area contributed by atoms with Gasteiger partial charge in [-0.25, -0.2) is 0 Å². The third-order valence-electron chi connectivity index (χ3n) is 3.11. The van der Waals surface area contributed by atoms with Gasteiger partial charge in [0.05, 0.1) is 0 Å². The van der Waals surface area contributed by atoms with Crippen LogP contribution in [0.15, 0.2) is 0 Å². The lowest BCUT2D eigenvalue weighted by molar-refractivity contribution is 0.0448. The van der Waals surface area contributed by atoms with E-state index in [0.717, 1.165) is 23.7 Å². The van der Waals surface area contributed by atoms with E-state index in [1.807, 2.05) is 0 Å². The molecule has 1 fully saturated rings. The Morgan fingerprint density at radius 3 is 2.45 bits per heavy atom. The quantitative estimate of drug-likeness (QED) is 0.658. The van der Waals surface area contributed by atoms with Crippen LogP contribution in [0.2, 0.25) is 0 Å². The minimum atomic E-state index is 0.872. The Bertz CT molecular complexity index is 113. The molecule has 1 nitrogen and oxygen atoms in total. The monoisotopic (exact) mass is 155 g/mol. The van der Waals surface area contributed by atoms with E-state index in [4.69, 9.17) is 0 Å². The van der Waals surface area contributed by atoms with Crippen molar-refractivity contribution >= 4 is 0 Å². The molecule has 0 bridgehead atoms. The predicted octanol–water partition coefficient (Wildman–Crippen LogP) is 2.13. The molecule has 3 unspecified atom stereocenters. The van der Waals surface area contributed by atoms with Gasteiger partial charge in [-0.1, -0.05) is 20.8 Å². The molecule has 66 valence electrons. The molecule has 11 heavy (non-hydrogen) atoms. The van der Waals surface area contributed by atoms with Gasteiger partial charge in [0.25, 0.3) is 0 Å². The number of nitrogens with one attached hydrogen (secondary N) is 1. The standard InChI is InChI=1S/C10H21N/c1-7(2)10-8(3)5-9(10)6-11-4/h7-11H,5-6H2,1-4H3. The highest BCUT2D eigenvalue weighted by atomic mass is 14.8. The average molecular weight is 155 g/mol. The third kappa shape index (κ3) is 1.76. The molecule has 0 aromatic carbocycles. The van der Waals surface area contributed by atoms with E-state index >= 15 is 0 Å². The number of rotatable bonds is 3. The van der Waals surface area contributed by atoms with Crippen LogP contribution in [-0.4, -0.2) is 13.6 Å². The summed E-state index contributed by atoms with van der Waals surface area (Å²) in [5.41, 5.74) is 0. The summed E-state index contributed by atoms with van der Waals surface area (Å²) in [4.78, 5) is 0. The Kier molecular flexibility index (Phi) is 2.94. The van der Waals surface area contributed by atoms with Gasteiger partial charge in [-0.2, -0.15) is 0 Å². The first-order chi connectivity index (χ1) is 5.16. The van der Waals surface area contributed by atoms with Crippen molar-refractivity contribution in [1.29, 1.82) is 0 Å². The van der Waals surface area contributed by atoms with Gasteiger partial charge in [-0.15, -0.1) is 0 Å². The lowest BCUT2D eigenvalue weighted by atomic mass is 9.61. The molecule has 1 N–H and O–H groups in total. The van der Waals surface area contributed by atoms with Crippen molar-refractivity contribution in [3.05, 3.63) is 0 Å². The van der Waals surface area contributed by atoms with Gasteiger partial charge in [-0.05, 0) is 43.7 Å². The summed E-state index contributed by atoms with van der Waals surface area (Å²) in [6, 6.07) is 0. The van der Waals surface area contributed by atoms with Crippen molar-refractivity contribution in [2.45, 2.75) is 27.2 Å². The van der Waals surface area contributed by atoms with Gasteiger partial charge >= 0.3 is 0 Å². The Morgan fingerprint density at radius 2 is 2.09 bits per heavy atom. The van der Waals surface area contributed by atoms with Crippen molar-refractivity contribution in [2.75, 3.05) is 13.6 Å². The molecule has 1 rings (SSSR count). The van der Waals surface area contributed by atoms with Gasteiger partial charge < -0.3 is 5.32 Å². The molecule has 0 saturated heterocycles. The summed E-state index contributed by atoms with van der Waals surface area (Å²) >= 11 is 0. The van der Waals surface area contributed by atoms with E-state index in [9.17, 15) is 0 Å². The Balaban J connectivity index is 2.35. The fraction of sp³-hybridized carbons (Fsp3) is 1.00. The fourth-order valence-corrected chi connectivity index (χ4v) is 2.74. The maximum absolute atomic E-state index is 3.28. The summed E-state index contributed by atoms with van der Waals surface area (Å²) in [7, 11) is 2.06. The maximum atomic E-state index is 3.28. The van der Waals surface area contributed by atoms with Crippen LogP contribution in [0.25, 0.3) is 0 Å². The molecule has 0 heterocycles. The van der Waals surface area contributed by atoms with Crippen LogP contribution in [0.3, 0.4) is 0 Å². The predicted molar refractivity (Wildman–Crippen MR) is 49.5 cm³/mol. The molecule has 0 amide bonds. The van der Waals surface area contributed by atoms with Gasteiger partial charge in [-0.3, -0.25) is 0 Å². The Hall–Kier alpha value is -0.0400. The zero-order valence-corrected chi connectivity index (χ0v) is 8.22. The van der Waals surface area contributed by atoms with E-state index in [0.29, 0.717) is 0 Å². The van der Waals surface area contributed by atoms with Crippen LogP contribution in [0.1, 0.15) is 27.2 Å². The molecule has 0 radical (unpaired) electrons. The minimum Gasteiger partial charge on any atom is -0.319 e. The normalized spacial score (nSPS) is 37.4. The van der Waals surface area contributed by atoms with E-state index in [-0.39, 0.29) is 0 Å². The molecular weight excluding hydrogens is 134 g/mol. The zero-order chi connectivity index (χ0) is 8.43. The summed E-state index contributed by atoms with van der Waals surface area (Å²) in [5, 5.41) is 3.28. The summed E-state index contributed by atoms with van der Waals surface area (Å²) < 4.78 is 0. The van der Waals surface area contributed by atoms with Crippen molar-refractivity contribution < 1.29 is 0 Å². The fourth-order valence-electron chi connectivity index (χ4n) is 2.74. The molecule has 0 spiro atoms. The number of hydrogen-bond acceptors (Lipinski definition) is 1. The zero-order valence-electron chi connectivity index (χ0n) is 8.22. The largest absolute Gasteiger partial charge is 0.319 e. The molecule has 0 aromatic rings. The highest BCUT2D eigenvalue weighted by molar-refractivity contribution is 4.89. The molecular formula is C10H21N. The first-order valence-corrected chi connectivity index (χ1v) is 4.81. The van der Waals surface area contributed by atoms with Gasteiger partial charge in [0.1, 0.15) is 0 Å². The van der Waals surface area contributed by atoms with Crippen molar-refractivity contribution in [3.63, 3.8) is 0 Å². The van der Waals surface area contributed by atoms with Gasteiger partial charge in [0.2, 0.25) is 0 Å². The van der Waals surface area contributed by atoms with Crippen molar-refractivity contribution in [2.24, 2.45) is 23.7 Å². The molecule has 1 heteroatoms. The van der Waals surface area contributed by atoms with Crippen molar-refractivity contribution in [1.82, 2.24) is 5.32 Å². The second-order valence-electron chi connectivity index (χ2n) is 4.35. The third-order valence-corrected chi connectivity index (χ3v) is 3.11. The van der Waals surface area contributed by atoms with Crippen molar-refractivity contribution in [3.8, 4) is 0 Å². The van der Waals surface area contributed by atoms with E-state index < -0.39 is 0 Å². The molecule has 0 aromatic heterocycles. The molecule has 3 atom stereocenters. The second kappa shape index (κ2) is 3.57. The maximum Gasteiger partial charge on any atom is -0.00206 e. The highest BCUT2D eigenvalue weighted by Crippen LogP contribution is 2.44. The van der Waals surface area contributed by atoms with Crippen LogP contribution < -0.4 is 5.32 Å². The minimum absolute atomic E-state index is 0.872. The van der Waals surface area contributed by atoms with Crippen LogP contribution in [-0.2, 0) is 0 Å². The second-order valence-corrected chi connectivity index (χ2v) is 4.35. The summed E-state index contributed by atoms with van der Waals surface area (Å²) in [6.45, 7) is 8.30. The van der Waals surface area contributed by atoms with E-state index in [2.05, 4.69) is 33.1 Å². The summed E-state index contributed by atoms with van der Waals surface area (Å²) in [6.07, 6.45) is 1.43.